The van der Waals surface area contributed by atoms with Gasteiger partial charge >= 0.3 is 0 Å². The minimum atomic E-state index is -0.168. The van der Waals surface area contributed by atoms with Crippen LogP contribution in [0.4, 0.5) is 5.82 Å². The Hall–Kier alpha value is -3.78. The van der Waals surface area contributed by atoms with Crippen molar-refractivity contribution in [3.8, 4) is 29.0 Å². The lowest BCUT2D eigenvalue weighted by molar-refractivity contribution is 0.413. The Labute approximate surface area is 176 Å². The van der Waals surface area contributed by atoms with Crippen LogP contribution in [0.25, 0.3) is 22.6 Å². The summed E-state index contributed by atoms with van der Waals surface area (Å²) in [6.07, 6.45) is 1.75. The Morgan fingerprint density at radius 3 is 2.53 bits per heavy atom. The van der Waals surface area contributed by atoms with Crippen LogP contribution in [0, 0.1) is 11.8 Å². The molecule has 0 bridgehead atoms. The van der Waals surface area contributed by atoms with E-state index in [4.69, 9.17) is 9.15 Å². The Kier molecular flexibility index (Phi) is 5.16. The molecule has 2 aromatic carbocycles. The molecule has 1 N–H and O–H groups in total. The van der Waals surface area contributed by atoms with Crippen LogP contribution in [0.15, 0.2) is 65.2 Å². The van der Waals surface area contributed by atoms with Gasteiger partial charge < -0.3 is 14.5 Å². The van der Waals surface area contributed by atoms with Crippen LogP contribution in [-0.2, 0) is 0 Å². The van der Waals surface area contributed by atoms with Crippen LogP contribution < -0.4 is 10.1 Å². The summed E-state index contributed by atoms with van der Waals surface area (Å²) in [5.74, 6) is 8.30. The lowest BCUT2D eigenvalue weighted by Gasteiger charge is -2.22. The third-order valence-electron chi connectivity index (χ3n) is 4.35. The summed E-state index contributed by atoms with van der Waals surface area (Å²) in [5.41, 5.74) is 3.73. The number of nitrogens with one attached hydrogen (secondary N) is 1. The molecule has 0 saturated heterocycles. The predicted octanol–water partition coefficient (Wildman–Crippen LogP) is 5.51. The molecule has 0 aliphatic rings. The number of hydrogen-bond acceptors (Lipinski definition) is 5. The van der Waals surface area contributed by atoms with Crippen molar-refractivity contribution < 1.29 is 9.15 Å². The molecule has 0 aliphatic carbocycles. The van der Waals surface area contributed by atoms with Gasteiger partial charge in [-0.05, 0) is 51.1 Å². The minimum Gasteiger partial charge on any atom is -0.495 e. The molecule has 2 heterocycles. The predicted molar refractivity (Wildman–Crippen MR) is 120 cm³/mol. The zero-order valence-corrected chi connectivity index (χ0v) is 17.5. The quantitative estimate of drug-likeness (QED) is 0.462. The van der Waals surface area contributed by atoms with Gasteiger partial charge in [-0.25, -0.2) is 9.97 Å². The summed E-state index contributed by atoms with van der Waals surface area (Å²) in [4.78, 5) is 9.27. The van der Waals surface area contributed by atoms with Crippen molar-refractivity contribution in [2.75, 3.05) is 12.4 Å². The molecule has 0 atom stereocenters. The fourth-order valence-electron chi connectivity index (χ4n) is 3.03. The number of methoxy groups -OCH3 is 1. The van der Waals surface area contributed by atoms with E-state index in [1.807, 2.05) is 54.6 Å². The number of oxazole rings is 1. The first-order valence-corrected chi connectivity index (χ1v) is 9.72. The van der Waals surface area contributed by atoms with Gasteiger partial charge in [-0.1, -0.05) is 36.1 Å². The molecule has 0 unspecified atom stereocenters. The minimum absolute atomic E-state index is 0.168. The summed E-state index contributed by atoms with van der Waals surface area (Å²) < 4.78 is 11.4. The summed E-state index contributed by atoms with van der Waals surface area (Å²) in [6.45, 7) is 6.25. The second-order valence-corrected chi connectivity index (χ2v) is 7.93. The van der Waals surface area contributed by atoms with Crippen LogP contribution in [0.2, 0.25) is 0 Å². The van der Waals surface area contributed by atoms with E-state index in [0.29, 0.717) is 11.7 Å². The number of benzene rings is 2. The SMILES string of the molecule is COc1ccccc1C#Cc1cnc(NC(C)(C)C)c(-c2nc3ccccc3o2)c1. The summed E-state index contributed by atoms with van der Waals surface area (Å²) >= 11 is 0. The molecular formula is C25H23N3O2. The van der Waals surface area contributed by atoms with E-state index in [1.54, 1.807) is 13.3 Å². The van der Waals surface area contributed by atoms with Crippen LogP contribution in [-0.4, -0.2) is 22.6 Å². The van der Waals surface area contributed by atoms with Gasteiger partial charge in [0.25, 0.3) is 0 Å². The first kappa shape index (κ1) is 19.5. The van der Waals surface area contributed by atoms with Crippen molar-refractivity contribution >= 4 is 16.9 Å². The van der Waals surface area contributed by atoms with E-state index in [2.05, 4.69) is 47.9 Å². The van der Waals surface area contributed by atoms with Crippen molar-refractivity contribution in [2.45, 2.75) is 26.3 Å². The molecule has 5 heteroatoms. The van der Waals surface area contributed by atoms with E-state index >= 15 is 0 Å². The Bertz CT molecular complexity index is 1220. The number of hydrogen-bond donors (Lipinski definition) is 1. The van der Waals surface area contributed by atoms with Gasteiger partial charge in [0.15, 0.2) is 5.58 Å². The third kappa shape index (κ3) is 4.28. The van der Waals surface area contributed by atoms with E-state index in [1.165, 1.54) is 0 Å². The van der Waals surface area contributed by atoms with Gasteiger partial charge in [-0.15, -0.1) is 0 Å². The monoisotopic (exact) mass is 397 g/mol. The van der Waals surface area contributed by atoms with E-state index in [9.17, 15) is 0 Å². The zero-order valence-electron chi connectivity index (χ0n) is 17.5. The van der Waals surface area contributed by atoms with Gasteiger partial charge in [-0.3, -0.25) is 0 Å². The molecule has 0 spiro atoms. The highest BCUT2D eigenvalue weighted by molar-refractivity contribution is 5.79. The fraction of sp³-hybridized carbons (Fsp3) is 0.200. The largest absolute Gasteiger partial charge is 0.495 e. The summed E-state index contributed by atoms with van der Waals surface area (Å²) in [5, 5.41) is 3.43. The molecule has 2 aromatic heterocycles. The van der Waals surface area contributed by atoms with Crippen LogP contribution in [0.3, 0.4) is 0 Å². The maximum absolute atomic E-state index is 6.00. The maximum atomic E-state index is 6.00. The molecule has 30 heavy (non-hydrogen) atoms. The molecule has 0 fully saturated rings. The molecule has 4 rings (SSSR count). The topological polar surface area (TPSA) is 60.2 Å². The number of aromatic nitrogens is 2. The highest BCUT2D eigenvalue weighted by Crippen LogP contribution is 2.31. The molecule has 0 saturated carbocycles. The number of para-hydroxylation sites is 3. The van der Waals surface area contributed by atoms with Gasteiger partial charge in [0, 0.05) is 17.3 Å². The maximum Gasteiger partial charge on any atom is 0.231 e. The fourth-order valence-corrected chi connectivity index (χ4v) is 3.03. The lowest BCUT2D eigenvalue weighted by atomic mass is 10.1. The van der Waals surface area contributed by atoms with Crippen LogP contribution >= 0.6 is 0 Å². The zero-order chi connectivity index (χ0) is 21.1. The number of fused-ring (bicyclic) bond motifs is 1. The van der Waals surface area contributed by atoms with Crippen LogP contribution in [0.5, 0.6) is 5.75 Å². The van der Waals surface area contributed by atoms with E-state index < -0.39 is 0 Å². The number of rotatable bonds is 3. The van der Waals surface area contributed by atoms with E-state index in [-0.39, 0.29) is 5.54 Å². The lowest BCUT2D eigenvalue weighted by Crippen LogP contribution is -2.27. The Morgan fingerprint density at radius 1 is 1.00 bits per heavy atom. The molecule has 4 aromatic rings. The Morgan fingerprint density at radius 2 is 1.77 bits per heavy atom. The number of pyridine rings is 1. The van der Waals surface area contributed by atoms with Gasteiger partial charge in [0.2, 0.25) is 5.89 Å². The molecule has 0 aliphatic heterocycles. The second-order valence-electron chi connectivity index (χ2n) is 7.93. The van der Waals surface area contributed by atoms with Gasteiger partial charge in [-0.2, -0.15) is 0 Å². The van der Waals surface area contributed by atoms with Crippen molar-refractivity contribution in [3.63, 3.8) is 0 Å². The van der Waals surface area contributed by atoms with E-state index in [0.717, 1.165) is 33.5 Å². The second kappa shape index (κ2) is 7.92. The smallest absolute Gasteiger partial charge is 0.231 e. The average molecular weight is 397 g/mol. The highest BCUT2D eigenvalue weighted by atomic mass is 16.5. The first-order valence-electron chi connectivity index (χ1n) is 9.72. The third-order valence-corrected chi connectivity index (χ3v) is 4.35. The Balaban J connectivity index is 1.79. The normalized spacial score (nSPS) is 11.1. The number of ether oxygens (including phenoxy) is 1. The first-order chi connectivity index (χ1) is 14.4. The average Bonchev–Trinajstić information content (AvgIpc) is 3.16. The molecule has 0 radical (unpaired) electrons. The molecular weight excluding hydrogens is 374 g/mol. The number of anilines is 1. The van der Waals surface area contributed by atoms with Crippen molar-refractivity contribution in [1.29, 1.82) is 0 Å². The van der Waals surface area contributed by atoms with Gasteiger partial charge in [0.1, 0.15) is 17.1 Å². The van der Waals surface area contributed by atoms with Crippen molar-refractivity contribution in [2.24, 2.45) is 0 Å². The van der Waals surface area contributed by atoms with Crippen molar-refractivity contribution in [3.05, 3.63) is 71.9 Å². The van der Waals surface area contributed by atoms with Crippen molar-refractivity contribution in [1.82, 2.24) is 9.97 Å². The molecule has 0 amide bonds. The molecule has 5 nitrogen and oxygen atoms in total. The van der Waals surface area contributed by atoms with Gasteiger partial charge in [0.05, 0.1) is 18.2 Å². The summed E-state index contributed by atoms with van der Waals surface area (Å²) in [6, 6.07) is 17.3. The van der Waals surface area contributed by atoms with Crippen LogP contribution in [0.1, 0.15) is 31.9 Å². The summed E-state index contributed by atoms with van der Waals surface area (Å²) in [7, 11) is 1.64. The highest BCUT2D eigenvalue weighted by Gasteiger charge is 2.18. The standard InChI is InChI=1S/C25H23N3O2/c1-25(2,3)28-23-19(24-27-20-10-6-8-12-22(20)30-24)15-17(16-26-23)13-14-18-9-5-7-11-21(18)29-4/h5-12,15-16H,1-4H3,(H,26,28). The molecule has 150 valence electrons. The number of nitrogens with zero attached hydrogens (tertiary/aromatic N) is 2.